The van der Waals surface area contributed by atoms with Crippen LogP contribution in [0.4, 0.5) is 17.1 Å². The van der Waals surface area contributed by atoms with E-state index in [1.54, 1.807) is 19.2 Å². The Morgan fingerprint density at radius 3 is 2.36 bits per heavy atom. The van der Waals surface area contributed by atoms with Crippen LogP contribution in [0.5, 0.6) is 5.75 Å². The zero-order valence-electron chi connectivity index (χ0n) is 13.4. The van der Waals surface area contributed by atoms with Crippen molar-refractivity contribution in [2.24, 2.45) is 0 Å². The van der Waals surface area contributed by atoms with Crippen LogP contribution in [0, 0.1) is 4.91 Å². The Kier molecular flexibility index (Phi) is 4.86. The first-order chi connectivity index (χ1) is 12.1. The molecule has 3 rings (SSSR count). The van der Waals surface area contributed by atoms with Gasteiger partial charge in [0, 0.05) is 34.1 Å². The van der Waals surface area contributed by atoms with Crippen molar-refractivity contribution in [3.8, 4) is 16.9 Å². The molecule has 3 aromatic rings. The Bertz CT molecular complexity index is 911. The summed E-state index contributed by atoms with van der Waals surface area (Å²) in [5.74, 6) is 0.741. The third-order valence-corrected chi connectivity index (χ3v) is 3.95. The van der Waals surface area contributed by atoms with Gasteiger partial charge in [-0.3, -0.25) is 0 Å². The van der Waals surface area contributed by atoms with Crippen LogP contribution >= 0.6 is 11.6 Å². The summed E-state index contributed by atoms with van der Waals surface area (Å²) >= 11 is 6.09. The zero-order valence-corrected chi connectivity index (χ0v) is 14.2. The lowest BCUT2D eigenvalue weighted by Crippen LogP contribution is -1.95. The fourth-order valence-electron chi connectivity index (χ4n) is 2.51. The monoisotopic (exact) mass is 355 g/mol. The summed E-state index contributed by atoms with van der Waals surface area (Å²) in [6.07, 6.45) is 0. The molecule has 0 atom stereocenters. The van der Waals surface area contributed by atoms with Crippen molar-refractivity contribution in [3.05, 3.63) is 76.7 Å². The van der Waals surface area contributed by atoms with Crippen LogP contribution in [0.15, 0.2) is 66.7 Å². The Morgan fingerprint density at radius 2 is 1.72 bits per heavy atom. The van der Waals surface area contributed by atoms with E-state index in [0.29, 0.717) is 5.02 Å². The summed E-state index contributed by atoms with van der Waals surface area (Å²) < 4.78 is 5.45. The van der Waals surface area contributed by atoms with E-state index >= 15 is 0 Å². The molecular weight excluding hydrogens is 340 g/mol. The molecular formula is C19H16ClN2O3+. The third kappa shape index (κ3) is 3.89. The average molecular weight is 356 g/mol. The van der Waals surface area contributed by atoms with Crippen LogP contribution in [-0.4, -0.2) is 17.2 Å². The SMILES string of the molecule is COc1ccc(Nc2ccc([N+](=O)O)cc2)cc1-c1cccc(Cl)c1. The van der Waals surface area contributed by atoms with Crippen LogP contribution in [0.25, 0.3) is 11.1 Å². The normalized spacial score (nSPS) is 10.3. The van der Waals surface area contributed by atoms with E-state index in [4.69, 9.17) is 21.5 Å². The maximum Gasteiger partial charge on any atom is 0.316 e. The van der Waals surface area contributed by atoms with E-state index in [1.165, 1.54) is 12.1 Å². The molecule has 25 heavy (non-hydrogen) atoms. The number of halogens is 1. The lowest BCUT2D eigenvalue weighted by atomic mass is 10.0. The molecule has 0 aliphatic rings. The first-order valence-electron chi connectivity index (χ1n) is 7.54. The molecule has 0 aliphatic carbocycles. The van der Waals surface area contributed by atoms with E-state index < -0.39 is 0 Å². The van der Waals surface area contributed by atoms with E-state index in [1.807, 2.05) is 42.5 Å². The van der Waals surface area contributed by atoms with Gasteiger partial charge in [-0.2, -0.15) is 0 Å². The van der Waals surface area contributed by atoms with Crippen molar-refractivity contribution >= 4 is 28.7 Å². The Hall–Kier alpha value is -3.05. The number of hydrogen-bond donors (Lipinski definition) is 2. The molecule has 0 amide bonds. The molecule has 0 heterocycles. The van der Waals surface area contributed by atoms with Gasteiger partial charge >= 0.3 is 5.69 Å². The Balaban J connectivity index is 1.92. The van der Waals surface area contributed by atoms with Crippen LogP contribution in [0.2, 0.25) is 5.02 Å². The summed E-state index contributed by atoms with van der Waals surface area (Å²) in [5, 5.41) is 12.8. The molecule has 126 valence electrons. The number of anilines is 2. The molecule has 0 fully saturated rings. The summed E-state index contributed by atoms with van der Waals surface area (Å²) in [5.41, 5.74) is 3.66. The van der Waals surface area contributed by atoms with Gasteiger partial charge in [0.05, 0.1) is 12.0 Å². The van der Waals surface area contributed by atoms with Crippen LogP contribution in [0.1, 0.15) is 0 Å². The third-order valence-electron chi connectivity index (χ3n) is 3.71. The second-order valence-electron chi connectivity index (χ2n) is 5.37. The van der Waals surface area contributed by atoms with Crippen LogP contribution in [0.3, 0.4) is 0 Å². The van der Waals surface area contributed by atoms with Gasteiger partial charge in [0.25, 0.3) is 4.92 Å². The maximum atomic E-state index is 10.8. The number of rotatable bonds is 5. The smallest absolute Gasteiger partial charge is 0.316 e. The highest BCUT2D eigenvalue weighted by Crippen LogP contribution is 2.34. The molecule has 2 N–H and O–H groups in total. The standard InChI is InChI=1S/C19H16ClN2O3/c1-25-19-10-7-16(12-18(19)13-3-2-4-14(20)11-13)21-15-5-8-17(9-6-15)22(23)24/h2-12,21H,1H3,(H,23,24)/q+1. The molecule has 0 bridgehead atoms. The van der Waals surface area contributed by atoms with E-state index in [9.17, 15) is 4.91 Å². The highest BCUT2D eigenvalue weighted by Gasteiger charge is 2.11. The molecule has 0 saturated heterocycles. The van der Waals surface area contributed by atoms with Crippen molar-refractivity contribution in [3.63, 3.8) is 0 Å². The molecule has 5 nitrogen and oxygen atoms in total. The topological polar surface area (TPSA) is 61.6 Å². The number of nitrogens with one attached hydrogen (secondary N) is 1. The molecule has 6 heteroatoms. The van der Waals surface area contributed by atoms with Gasteiger partial charge < -0.3 is 10.1 Å². The predicted octanol–water partition coefficient (Wildman–Crippen LogP) is 5.56. The second-order valence-corrected chi connectivity index (χ2v) is 5.81. The van der Waals surface area contributed by atoms with Crippen molar-refractivity contribution in [1.82, 2.24) is 0 Å². The Morgan fingerprint density at radius 1 is 1.00 bits per heavy atom. The van der Waals surface area contributed by atoms with Gasteiger partial charge in [0.15, 0.2) is 0 Å². The fraction of sp³-hybridized carbons (Fsp3) is 0.0526. The number of benzene rings is 3. The number of nitrogens with zero attached hydrogens (tertiary/aromatic N) is 1. The quantitative estimate of drug-likeness (QED) is 0.588. The first kappa shape index (κ1) is 16.8. The van der Waals surface area contributed by atoms with Crippen molar-refractivity contribution in [2.75, 3.05) is 12.4 Å². The van der Waals surface area contributed by atoms with Gasteiger partial charge in [0.1, 0.15) is 5.75 Å². The summed E-state index contributed by atoms with van der Waals surface area (Å²) in [6.45, 7) is 0. The minimum atomic E-state index is -0.172. The molecule has 0 spiro atoms. The number of hydrogen-bond acceptors (Lipinski definition) is 3. The number of methoxy groups -OCH3 is 1. The van der Waals surface area contributed by atoms with Crippen molar-refractivity contribution in [1.29, 1.82) is 0 Å². The maximum absolute atomic E-state index is 10.8. The van der Waals surface area contributed by atoms with Crippen molar-refractivity contribution in [2.45, 2.75) is 0 Å². The number of ether oxygens (including phenoxy) is 1. The minimum absolute atomic E-state index is 0.167. The van der Waals surface area contributed by atoms with Gasteiger partial charge in [-0.05, 0) is 48.0 Å². The molecule has 0 radical (unpaired) electrons. The Labute approximate surface area is 150 Å². The highest BCUT2D eigenvalue weighted by atomic mass is 35.5. The molecule has 0 unspecified atom stereocenters. The molecule has 3 aromatic carbocycles. The van der Waals surface area contributed by atoms with Gasteiger partial charge in [-0.15, -0.1) is 0 Å². The summed E-state index contributed by atoms with van der Waals surface area (Å²) in [7, 11) is 1.62. The first-order valence-corrected chi connectivity index (χ1v) is 7.92. The zero-order chi connectivity index (χ0) is 17.8. The molecule has 0 saturated carbocycles. The highest BCUT2D eigenvalue weighted by molar-refractivity contribution is 6.30. The van der Waals surface area contributed by atoms with Gasteiger partial charge in [0.2, 0.25) is 0 Å². The second kappa shape index (κ2) is 7.23. The van der Waals surface area contributed by atoms with E-state index in [-0.39, 0.29) is 10.6 Å². The molecule has 0 aliphatic heterocycles. The molecule has 0 aromatic heterocycles. The minimum Gasteiger partial charge on any atom is -0.496 e. The van der Waals surface area contributed by atoms with Crippen molar-refractivity contribution < 1.29 is 14.9 Å². The van der Waals surface area contributed by atoms with Crippen LogP contribution in [-0.2, 0) is 0 Å². The van der Waals surface area contributed by atoms with Gasteiger partial charge in [-0.25, -0.2) is 5.21 Å². The fourth-order valence-corrected chi connectivity index (χ4v) is 2.70. The van der Waals surface area contributed by atoms with Crippen LogP contribution < -0.4 is 10.1 Å². The predicted molar refractivity (Wildman–Crippen MR) is 98.2 cm³/mol. The average Bonchev–Trinajstić information content (AvgIpc) is 2.62. The summed E-state index contributed by atoms with van der Waals surface area (Å²) in [4.78, 5) is 10.7. The lowest BCUT2D eigenvalue weighted by Gasteiger charge is -2.13. The van der Waals surface area contributed by atoms with Gasteiger partial charge in [-0.1, -0.05) is 23.7 Å². The summed E-state index contributed by atoms with van der Waals surface area (Å²) in [6, 6.07) is 19.7. The lowest BCUT2D eigenvalue weighted by molar-refractivity contribution is -0.729. The van der Waals surface area contributed by atoms with E-state index in [2.05, 4.69) is 5.32 Å². The largest absolute Gasteiger partial charge is 0.496 e. The van der Waals surface area contributed by atoms with E-state index in [0.717, 1.165) is 28.3 Å².